The second kappa shape index (κ2) is 9.97. The van der Waals surface area contributed by atoms with E-state index < -0.39 is 11.9 Å². The van der Waals surface area contributed by atoms with Crippen LogP contribution in [0.5, 0.6) is 0 Å². The van der Waals surface area contributed by atoms with E-state index in [9.17, 15) is 24.3 Å². The monoisotopic (exact) mass is 558 g/mol. The molecule has 1 aromatic heterocycles. The lowest BCUT2D eigenvalue weighted by atomic mass is 9.73. The van der Waals surface area contributed by atoms with E-state index in [4.69, 9.17) is 0 Å². The Bertz CT molecular complexity index is 1210. The summed E-state index contributed by atoms with van der Waals surface area (Å²) in [7, 11) is 0. The minimum Gasteiger partial charge on any atom is -0.477 e. The highest BCUT2D eigenvalue weighted by atomic mass is 32.2. The molecule has 6 rings (SSSR count). The molecule has 4 fully saturated rings. The Hall–Kier alpha value is -2.84. The molecule has 5 aliphatic heterocycles. The number of aliphatic carboxylic acids is 1. The van der Waals surface area contributed by atoms with Crippen LogP contribution in [0, 0.1) is 23.2 Å². The standard InChI is InChI=1S/C25H34N8O5S/c1-13(5-15(34)8-32-12-28-29-30-32)18-19-14(2)21(20(24(37)38)33(19)23(18)36)39-16-6-17(27-7-16)22(35)31-10-25(11-31)3-4-26-9-25/h12-14,16-19,26-27H,3-11H2,1-2H3,(H,37,38)/t13?,14-,16+,17+,18-,19-/m1/s1. The van der Waals surface area contributed by atoms with Crippen LogP contribution in [0.15, 0.2) is 16.9 Å². The minimum absolute atomic E-state index is 0.0335. The quantitative estimate of drug-likeness (QED) is 0.329. The fraction of sp³-hybridized carbons (Fsp3) is 0.720. The van der Waals surface area contributed by atoms with Crippen molar-refractivity contribution < 1.29 is 24.3 Å². The van der Waals surface area contributed by atoms with Crippen molar-refractivity contribution in [1.29, 1.82) is 0 Å². The Labute approximate surface area is 230 Å². The number of carboxylic acid groups (broad SMARTS) is 1. The lowest BCUT2D eigenvalue weighted by Crippen LogP contribution is -2.62. The van der Waals surface area contributed by atoms with Gasteiger partial charge in [-0.3, -0.25) is 14.4 Å². The molecule has 14 heteroatoms. The number of carbonyl (C=O) groups is 4. The number of amides is 2. The number of β-lactam (4-membered cyclic amide) rings is 1. The van der Waals surface area contributed by atoms with Gasteiger partial charge < -0.3 is 25.5 Å². The van der Waals surface area contributed by atoms with Crippen LogP contribution in [0.1, 0.15) is 33.1 Å². The molecule has 5 aliphatic rings. The number of carboxylic acids is 1. The summed E-state index contributed by atoms with van der Waals surface area (Å²) in [4.78, 5) is 55.2. The van der Waals surface area contributed by atoms with Crippen molar-refractivity contribution in [2.45, 2.75) is 57.0 Å². The van der Waals surface area contributed by atoms with Gasteiger partial charge in [-0.15, -0.1) is 16.9 Å². The molecule has 39 heavy (non-hydrogen) atoms. The zero-order valence-electron chi connectivity index (χ0n) is 22.1. The molecule has 4 saturated heterocycles. The second-order valence-corrected chi connectivity index (χ2v) is 13.2. The summed E-state index contributed by atoms with van der Waals surface area (Å²) in [6.07, 6.45) is 3.29. The van der Waals surface area contributed by atoms with Gasteiger partial charge in [-0.05, 0) is 35.7 Å². The number of nitrogens with zero attached hydrogens (tertiary/aromatic N) is 6. The lowest BCUT2D eigenvalue weighted by Gasteiger charge is -2.48. The summed E-state index contributed by atoms with van der Waals surface area (Å²) in [5.41, 5.74) is 0.300. The highest BCUT2D eigenvalue weighted by Gasteiger charge is 2.60. The van der Waals surface area contributed by atoms with Gasteiger partial charge in [-0.2, -0.15) is 0 Å². The van der Waals surface area contributed by atoms with Crippen molar-refractivity contribution in [3.05, 3.63) is 16.9 Å². The Morgan fingerprint density at radius 2 is 2.10 bits per heavy atom. The summed E-state index contributed by atoms with van der Waals surface area (Å²) >= 11 is 1.49. The molecule has 0 radical (unpaired) electrons. The smallest absolute Gasteiger partial charge is 0.353 e. The number of ketones is 1. The number of fused-ring (bicyclic) bond motifs is 1. The van der Waals surface area contributed by atoms with E-state index in [1.165, 1.54) is 27.7 Å². The molecule has 2 amide bonds. The van der Waals surface area contributed by atoms with Crippen LogP contribution in [-0.2, 0) is 25.7 Å². The van der Waals surface area contributed by atoms with Gasteiger partial charge in [0.25, 0.3) is 0 Å². The normalized spacial score (nSPS) is 31.8. The fourth-order valence-corrected chi connectivity index (χ4v) is 8.60. The predicted molar refractivity (Wildman–Crippen MR) is 139 cm³/mol. The first-order valence-corrected chi connectivity index (χ1v) is 14.5. The first-order valence-electron chi connectivity index (χ1n) is 13.6. The largest absolute Gasteiger partial charge is 0.477 e. The van der Waals surface area contributed by atoms with Gasteiger partial charge in [0.1, 0.15) is 18.6 Å². The number of Topliss-reactive ketones (excluding diaryl/α,β-unsaturated/α-hetero) is 1. The summed E-state index contributed by atoms with van der Waals surface area (Å²) in [5, 5.41) is 27.6. The first-order chi connectivity index (χ1) is 18.7. The van der Waals surface area contributed by atoms with Crippen LogP contribution in [0.4, 0.5) is 0 Å². The Morgan fingerprint density at radius 3 is 2.77 bits per heavy atom. The van der Waals surface area contributed by atoms with Crippen molar-refractivity contribution in [1.82, 2.24) is 40.6 Å². The molecule has 3 N–H and O–H groups in total. The number of rotatable bonds is 9. The topological polar surface area (TPSA) is 163 Å². The highest BCUT2D eigenvalue weighted by Crippen LogP contribution is 2.53. The van der Waals surface area contributed by atoms with Gasteiger partial charge >= 0.3 is 5.97 Å². The SMILES string of the molecule is CC(CC(=O)Cn1cnnn1)[C@H]1C(=O)N2C(C(=O)O)=C(S[C@@H]3CN[C@H](C(=O)N4CC5(CCNC5)C4)C3)[C@H](C)[C@H]12. The molecule has 0 bridgehead atoms. The number of likely N-dealkylation sites (tertiary alicyclic amines) is 1. The van der Waals surface area contributed by atoms with E-state index in [0.717, 1.165) is 32.6 Å². The first kappa shape index (κ1) is 26.4. The van der Waals surface area contributed by atoms with Crippen molar-refractivity contribution in [2.75, 3.05) is 32.7 Å². The van der Waals surface area contributed by atoms with E-state index in [2.05, 4.69) is 26.2 Å². The number of hydrogen-bond donors (Lipinski definition) is 3. The molecule has 1 spiro atoms. The van der Waals surface area contributed by atoms with E-state index in [1.807, 2.05) is 18.7 Å². The third kappa shape index (κ3) is 4.55. The van der Waals surface area contributed by atoms with Gasteiger partial charge in [-0.1, -0.05) is 13.8 Å². The number of carbonyl (C=O) groups excluding carboxylic acids is 3. The van der Waals surface area contributed by atoms with Gasteiger partial charge in [-0.25, -0.2) is 9.48 Å². The highest BCUT2D eigenvalue weighted by molar-refractivity contribution is 8.03. The van der Waals surface area contributed by atoms with Crippen molar-refractivity contribution in [3.8, 4) is 0 Å². The summed E-state index contributed by atoms with van der Waals surface area (Å²) in [6, 6.07) is -0.552. The van der Waals surface area contributed by atoms with Gasteiger partial charge in [0.15, 0.2) is 5.78 Å². The van der Waals surface area contributed by atoms with E-state index in [0.29, 0.717) is 17.9 Å². The summed E-state index contributed by atoms with van der Waals surface area (Å²) in [6.45, 7) is 8.06. The number of hydrogen-bond acceptors (Lipinski definition) is 10. The van der Waals surface area contributed by atoms with Crippen LogP contribution in [-0.4, -0.2) is 109 Å². The van der Waals surface area contributed by atoms with Gasteiger partial charge in [0.05, 0.1) is 18.0 Å². The zero-order valence-corrected chi connectivity index (χ0v) is 22.9. The van der Waals surface area contributed by atoms with E-state index in [-0.39, 0.29) is 70.8 Å². The van der Waals surface area contributed by atoms with Crippen molar-refractivity contribution in [3.63, 3.8) is 0 Å². The van der Waals surface area contributed by atoms with Crippen molar-refractivity contribution in [2.24, 2.45) is 23.2 Å². The molecule has 6 atom stereocenters. The van der Waals surface area contributed by atoms with E-state index in [1.54, 1.807) is 0 Å². The van der Waals surface area contributed by atoms with Crippen LogP contribution >= 0.6 is 11.8 Å². The number of tetrazole rings is 1. The molecule has 210 valence electrons. The summed E-state index contributed by atoms with van der Waals surface area (Å²) in [5.74, 6) is -2.15. The summed E-state index contributed by atoms with van der Waals surface area (Å²) < 4.78 is 1.35. The Balaban J connectivity index is 1.08. The van der Waals surface area contributed by atoms with Crippen LogP contribution < -0.4 is 10.6 Å². The number of nitrogens with one attached hydrogen (secondary N) is 2. The van der Waals surface area contributed by atoms with E-state index >= 15 is 0 Å². The van der Waals surface area contributed by atoms with Crippen LogP contribution in [0.2, 0.25) is 0 Å². The molecule has 0 aliphatic carbocycles. The lowest BCUT2D eigenvalue weighted by molar-refractivity contribution is -0.160. The average Bonchev–Trinajstić information content (AvgIpc) is 3.66. The maximum absolute atomic E-state index is 13.2. The Kier molecular flexibility index (Phi) is 6.74. The molecule has 6 heterocycles. The third-order valence-electron chi connectivity index (χ3n) is 9.06. The number of aromatic nitrogens is 4. The molecule has 0 aromatic carbocycles. The predicted octanol–water partition coefficient (Wildman–Crippen LogP) is -0.673. The molecular weight excluding hydrogens is 524 g/mol. The minimum atomic E-state index is -1.12. The van der Waals surface area contributed by atoms with Crippen LogP contribution in [0.3, 0.4) is 0 Å². The molecule has 0 saturated carbocycles. The fourth-order valence-electron chi connectivity index (χ4n) is 7.12. The average molecular weight is 559 g/mol. The third-order valence-corrected chi connectivity index (χ3v) is 10.6. The Morgan fingerprint density at radius 1 is 1.31 bits per heavy atom. The molecule has 13 nitrogen and oxygen atoms in total. The molecule has 1 unspecified atom stereocenters. The van der Waals surface area contributed by atoms with Gasteiger partial charge in [0.2, 0.25) is 11.8 Å². The van der Waals surface area contributed by atoms with Gasteiger partial charge in [0, 0.05) is 54.1 Å². The van der Waals surface area contributed by atoms with Crippen LogP contribution in [0.25, 0.3) is 0 Å². The maximum atomic E-state index is 13.2. The maximum Gasteiger partial charge on any atom is 0.353 e. The number of thioether (sulfide) groups is 1. The molecule has 1 aromatic rings. The second-order valence-electron chi connectivity index (χ2n) is 11.8. The zero-order chi connectivity index (χ0) is 27.5. The van der Waals surface area contributed by atoms with Crippen molar-refractivity contribution >= 4 is 35.3 Å². The molecular formula is C25H34N8O5S.